The van der Waals surface area contributed by atoms with Gasteiger partial charge in [-0.1, -0.05) is 6.42 Å². The molecule has 0 amide bonds. The molecule has 2 aliphatic rings. The SMILES string of the molecule is CS(=O)(=O)c1ccc(N2CC3CCCC(N)C3C2)cc1. The molecule has 1 aliphatic carbocycles. The van der Waals surface area contributed by atoms with E-state index < -0.39 is 9.84 Å². The van der Waals surface area contributed by atoms with Gasteiger partial charge >= 0.3 is 0 Å². The van der Waals surface area contributed by atoms with Gasteiger partial charge in [0.05, 0.1) is 4.90 Å². The van der Waals surface area contributed by atoms with Crippen molar-refractivity contribution in [2.75, 3.05) is 24.2 Å². The molecule has 1 heterocycles. The maximum Gasteiger partial charge on any atom is 0.175 e. The number of nitrogens with zero attached hydrogens (tertiary/aromatic N) is 1. The van der Waals surface area contributed by atoms with Crippen molar-refractivity contribution in [3.05, 3.63) is 24.3 Å². The first kappa shape index (κ1) is 13.9. The Bertz CT molecular complexity index is 582. The zero-order valence-corrected chi connectivity index (χ0v) is 12.6. The van der Waals surface area contributed by atoms with Crippen molar-refractivity contribution in [3.8, 4) is 0 Å². The lowest BCUT2D eigenvalue weighted by atomic mass is 9.78. The van der Waals surface area contributed by atoms with Gasteiger partial charge in [0.2, 0.25) is 0 Å². The minimum atomic E-state index is -3.11. The van der Waals surface area contributed by atoms with Crippen molar-refractivity contribution in [2.24, 2.45) is 17.6 Å². The minimum absolute atomic E-state index is 0.328. The molecule has 0 aromatic heterocycles. The Labute approximate surface area is 120 Å². The second-order valence-corrected chi connectivity index (χ2v) is 8.21. The van der Waals surface area contributed by atoms with Gasteiger partial charge in [-0.15, -0.1) is 0 Å². The third-order valence-corrected chi connectivity index (χ3v) is 5.91. The van der Waals surface area contributed by atoms with E-state index in [1.807, 2.05) is 12.1 Å². The average molecular weight is 294 g/mol. The largest absolute Gasteiger partial charge is 0.371 e. The van der Waals surface area contributed by atoms with Gasteiger partial charge in [-0.2, -0.15) is 0 Å². The molecule has 3 unspecified atom stereocenters. The normalized spacial score (nSPS) is 30.3. The van der Waals surface area contributed by atoms with Gasteiger partial charge < -0.3 is 10.6 Å². The first-order valence-electron chi connectivity index (χ1n) is 7.26. The van der Waals surface area contributed by atoms with E-state index in [0.29, 0.717) is 22.8 Å². The van der Waals surface area contributed by atoms with Crippen molar-refractivity contribution >= 4 is 15.5 Å². The summed E-state index contributed by atoms with van der Waals surface area (Å²) in [7, 11) is -3.11. The number of hydrogen-bond acceptors (Lipinski definition) is 4. The highest BCUT2D eigenvalue weighted by Gasteiger charge is 2.38. The Morgan fingerprint density at radius 3 is 2.45 bits per heavy atom. The fraction of sp³-hybridized carbons (Fsp3) is 0.600. The molecule has 1 aromatic rings. The number of benzene rings is 1. The Kier molecular flexibility index (Phi) is 3.50. The van der Waals surface area contributed by atoms with E-state index in [4.69, 9.17) is 5.73 Å². The highest BCUT2D eigenvalue weighted by atomic mass is 32.2. The molecule has 2 fully saturated rings. The highest BCUT2D eigenvalue weighted by Crippen LogP contribution is 2.37. The van der Waals surface area contributed by atoms with E-state index in [9.17, 15) is 8.42 Å². The quantitative estimate of drug-likeness (QED) is 0.901. The molecule has 3 atom stereocenters. The van der Waals surface area contributed by atoms with E-state index in [1.54, 1.807) is 12.1 Å². The van der Waals surface area contributed by atoms with Crippen molar-refractivity contribution in [2.45, 2.75) is 30.2 Å². The highest BCUT2D eigenvalue weighted by molar-refractivity contribution is 7.90. The molecule has 1 saturated carbocycles. The number of fused-ring (bicyclic) bond motifs is 1. The number of anilines is 1. The van der Waals surface area contributed by atoms with Gasteiger partial charge in [0.25, 0.3) is 0 Å². The molecule has 110 valence electrons. The Hall–Kier alpha value is -1.07. The summed E-state index contributed by atoms with van der Waals surface area (Å²) < 4.78 is 23.0. The Morgan fingerprint density at radius 1 is 1.15 bits per heavy atom. The average Bonchev–Trinajstić information content (AvgIpc) is 2.83. The predicted molar refractivity (Wildman–Crippen MR) is 80.6 cm³/mol. The van der Waals surface area contributed by atoms with Gasteiger partial charge in [-0.3, -0.25) is 0 Å². The second kappa shape index (κ2) is 5.04. The van der Waals surface area contributed by atoms with Crippen molar-refractivity contribution in [3.63, 3.8) is 0 Å². The van der Waals surface area contributed by atoms with Crippen LogP contribution >= 0.6 is 0 Å². The number of nitrogens with two attached hydrogens (primary N) is 1. The van der Waals surface area contributed by atoms with Gasteiger partial charge in [-0.05, 0) is 48.9 Å². The summed E-state index contributed by atoms with van der Waals surface area (Å²) in [6, 6.07) is 7.56. The number of rotatable bonds is 2. The monoisotopic (exact) mass is 294 g/mol. The third-order valence-electron chi connectivity index (χ3n) is 4.78. The summed E-state index contributed by atoms with van der Waals surface area (Å²) >= 11 is 0. The van der Waals surface area contributed by atoms with Gasteiger partial charge in [0.15, 0.2) is 9.84 Å². The van der Waals surface area contributed by atoms with E-state index in [0.717, 1.165) is 25.2 Å². The maximum absolute atomic E-state index is 11.5. The summed E-state index contributed by atoms with van der Waals surface area (Å²) in [5.74, 6) is 1.30. The summed E-state index contributed by atoms with van der Waals surface area (Å²) in [6.45, 7) is 2.06. The van der Waals surface area contributed by atoms with Gasteiger partial charge in [0.1, 0.15) is 0 Å². The van der Waals surface area contributed by atoms with Gasteiger partial charge in [0, 0.05) is 31.1 Å². The molecule has 1 saturated heterocycles. The van der Waals surface area contributed by atoms with Crippen LogP contribution in [-0.2, 0) is 9.84 Å². The molecule has 0 radical (unpaired) electrons. The fourth-order valence-electron chi connectivity index (χ4n) is 3.63. The van der Waals surface area contributed by atoms with Gasteiger partial charge in [-0.25, -0.2) is 8.42 Å². The molecule has 3 rings (SSSR count). The maximum atomic E-state index is 11.5. The van der Waals surface area contributed by atoms with Crippen LogP contribution in [0.15, 0.2) is 29.2 Å². The topological polar surface area (TPSA) is 63.4 Å². The fourth-order valence-corrected chi connectivity index (χ4v) is 4.26. The van der Waals surface area contributed by atoms with E-state index in [-0.39, 0.29) is 0 Å². The van der Waals surface area contributed by atoms with Crippen molar-refractivity contribution in [1.29, 1.82) is 0 Å². The summed E-state index contributed by atoms with van der Waals surface area (Å²) in [5.41, 5.74) is 7.35. The molecule has 0 spiro atoms. The van der Waals surface area contributed by atoms with E-state index in [2.05, 4.69) is 4.90 Å². The lowest BCUT2D eigenvalue weighted by molar-refractivity contribution is 0.260. The van der Waals surface area contributed by atoms with Crippen molar-refractivity contribution < 1.29 is 8.42 Å². The second-order valence-electron chi connectivity index (χ2n) is 6.19. The summed E-state index contributed by atoms with van der Waals surface area (Å²) in [4.78, 5) is 2.74. The molecule has 1 aliphatic heterocycles. The summed E-state index contributed by atoms with van der Waals surface area (Å²) in [5, 5.41) is 0. The first-order valence-corrected chi connectivity index (χ1v) is 9.15. The number of sulfone groups is 1. The van der Waals surface area contributed by atoms with Crippen LogP contribution in [0.5, 0.6) is 0 Å². The predicted octanol–water partition coefficient (Wildman–Crippen LogP) is 1.65. The molecule has 0 bridgehead atoms. The first-order chi connectivity index (χ1) is 9.45. The number of hydrogen-bond donors (Lipinski definition) is 1. The van der Waals surface area contributed by atoms with E-state index >= 15 is 0 Å². The van der Waals surface area contributed by atoms with Crippen LogP contribution in [0.25, 0.3) is 0 Å². The Morgan fingerprint density at radius 2 is 1.85 bits per heavy atom. The molecule has 2 N–H and O–H groups in total. The zero-order chi connectivity index (χ0) is 14.3. The van der Waals surface area contributed by atoms with Crippen LogP contribution in [0.2, 0.25) is 0 Å². The van der Waals surface area contributed by atoms with E-state index in [1.165, 1.54) is 19.1 Å². The smallest absolute Gasteiger partial charge is 0.175 e. The van der Waals surface area contributed by atoms with Crippen LogP contribution in [-0.4, -0.2) is 33.8 Å². The molecule has 20 heavy (non-hydrogen) atoms. The zero-order valence-electron chi connectivity index (χ0n) is 11.8. The lowest BCUT2D eigenvalue weighted by Gasteiger charge is -2.29. The molecular weight excluding hydrogens is 272 g/mol. The van der Waals surface area contributed by atoms with Crippen LogP contribution in [0.3, 0.4) is 0 Å². The van der Waals surface area contributed by atoms with Crippen LogP contribution < -0.4 is 10.6 Å². The Balaban J connectivity index is 1.78. The van der Waals surface area contributed by atoms with Crippen LogP contribution in [0, 0.1) is 11.8 Å². The summed E-state index contributed by atoms with van der Waals surface area (Å²) in [6.07, 6.45) is 4.90. The molecule has 5 heteroatoms. The minimum Gasteiger partial charge on any atom is -0.371 e. The molecule has 4 nitrogen and oxygen atoms in total. The lowest BCUT2D eigenvalue weighted by Crippen LogP contribution is -2.38. The molecule has 1 aromatic carbocycles. The van der Waals surface area contributed by atoms with Crippen LogP contribution in [0.1, 0.15) is 19.3 Å². The third kappa shape index (κ3) is 2.56. The van der Waals surface area contributed by atoms with Crippen LogP contribution in [0.4, 0.5) is 5.69 Å². The van der Waals surface area contributed by atoms with Crippen molar-refractivity contribution in [1.82, 2.24) is 0 Å². The molecular formula is C15H22N2O2S. The standard InChI is InChI=1S/C15H22N2O2S/c1-20(18,19)13-7-5-12(6-8-13)17-9-11-3-2-4-15(16)14(11)10-17/h5-8,11,14-15H,2-4,9-10,16H2,1H3.